The molecule has 0 rings (SSSR count). The fourth-order valence-electron chi connectivity index (χ4n) is 1.34. The molecule has 2 atom stereocenters. The van der Waals surface area contributed by atoms with E-state index in [2.05, 4.69) is 9.05 Å². The van der Waals surface area contributed by atoms with E-state index in [-0.39, 0.29) is 25.4 Å². The van der Waals surface area contributed by atoms with Gasteiger partial charge < -0.3 is 28.7 Å². The van der Waals surface area contributed by atoms with Crippen LogP contribution in [-0.4, -0.2) is 22.5 Å². The highest BCUT2D eigenvalue weighted by atomic mass is 31.2. The van der Waals surface area contributed by atoms with E-state index in [1.54, 1.807) is 6.92 Å². The summed E-state index contributed by atoms with van der Waals surface area (Å²) in [6, 6.07) is 0. The summed E-state index contributed by atoms with van der Waals surface area (Å²) in [4.78, 5) is 37.8. The molecule has 0 spiro atoms. The smallest absolute Gasteiger partial charge is 0.469 e. The van der Waals surface area contributed by atoms with Crippen LogP contribution in [0.15, 0.2) is 0 Å². The van der Waals surface area contributed by atoms with Crippen LogP contribution in [0.4, 0.5) is 0 Å². The lowest BCUT2D eigenvalue weighted by molar-refractivity contribution is -0.341. The normalized spacial score (nSPS) is 16.6. The zero-order valence-electron chi connectivity index (χ0n) is 10.2. The van der Waals surface area contributed by atoms with E-state index in [0.29, 0.717) is 6.42 Å². The Morgan fingerprint density at radius 3 is 2.22 bits per heavy atom. The van der Waals surface area contributed by atoms with E-state index in [1.165, 1.54) is 0 Å². The highest BCUT2D eigenvalue weighted by Crippen LogP contribution is 2.40. The third-order valence-corrected chi connectivity index (χ3v) is 3.48. The molecule has 2 N–H and O–H groups in total. The van der Waals surface area contributed by atoms with Crippen LogP contribution in [0.25, 0.3) is 0 Å². The minimum Gasteiger partial charge on any atom is -0.790 e. The molecule has 10 heteroatoms. The largest absolute Gasteiger partial charge is 0.790 e. The molecule has 0 radical (unpaired) electrons. The predicted octanol–water partition coefficient (Wildman–Crippen LogP) is 0.136. The molecule has 110 valence electrons. The standard InChI is InChI=1S/C8H20O8P2/c1-3-7(2)8(16-18(12,13)14)5-4-6-15-17(9,10)11/h7-8H,3-6H2,1-2H3,(H2,9,10,11)(H2,12,13,14)/p-2. The Morgan fingerprint density at radius 1 is 1.28 bits per heavy atom. The van der Waals surface area contributed by atoms with Gasteiger partial charge >= 0.3 is 7.82 Å². The Morgan fingerprint density at radius 2 is 1.83 bits per heavy atom. The molecule has 0 heterocycles. The van der Waals surface area contributed by atoms with Crippen LogP contribution in [-0.2, 0) is 18.2 Å². The molecule has 0 aliphatic heterocycles. The van der Waals surface area contributed by atoms with Crippen LogP contribution in [0.3, 0.4) is 0 Å². The van der Waals surface area contributed by atoms with Gasteiger partial charge in [-0.05, 0) is 18.8 Å². The number of phosphoric acid groups is 2. The lowest BCUT2D eigenvalue weighted by atomic mass is 9.98. The van der Waals surface area contributed by atoms with Crippen LogP contribution in [0.2, 0.25) is 0 Å². The summed E-state index contributed by atoms with van der Waals surface area (Å²) in [5.74, 6) is -0.107. The first-order valence-electron chi connectivity index (χ1n) is 5.45. The molecular weight excluding hydrogens is 286 g/mol. The molecule has 0 aromatic rings. The van der Waals surface area contributed by atoms with Crippen molar-refractivity contribution in [1.29, 1.82) is 0 Å². The van der Waals surface area contributed by atoms with Crippen LogP contribution < -0.4 is 9.79 Å². The van der Waals surface area contributed by atoms with Crippen molar-refractivity contribution in [3.05, 3.63) is 0 Å². The van der Waals surface area contributed by atoms with Crippen LogP contribution in [0.1, 0.15) is 33.1 Å². The molecule has 0 amide bonds. The van der Waals surface area contributed by atoms with Gasteiger partial charge in [0.1, 0.15) is 0 Å². The maximum atomic E-state index is 10.8. The summed E-state index contributed by atoms with van der Waals surface area (Å²) in [5.41, 5.74) is 0. The van der Waals surface area contributed by atoms with E-state index < -0.39 is 21.7 Å². The lowest BCUT2D eigenvalue weighted by Crippen LogP contribution is -2.22. The van der Waals surface area contributed by atoms with Crippen LogP contribution >= 0.6 is 15.6 Å². The third kappa shape index (κ3) is 10.2. The quantitative estimate of drug-likeness (QED) is 0.452. The van der Waals surface area contributed by atoms with Gasteiger partial charge in [-0.15, -0.1) is 0 Å². The third-order valence-electron chi connectivity index (χ3n) is 2.43. The zero-order chi connectivity index (χ0) is 14.4. The zero-order valence-corrected chi connectivity index (χ0v) is 12.0. The van der Waals surface area contributed by atoms with E-state index in [0.717, 1.165) is 0 Å². The van der Waals surface area contributed by atoms with Gasteiger partial charge in [0.15, 0.2) is 0 Å². The number of hydrogen-bond acceptors (Lipinski definition) is 6. The summed E-state index contributed by atoms with van der Waals surface area (Å²) in [6.07, 6.45) is 0.286. The van der Waals surface area contributed by atoms with Crippen molar-refractivity contribution < 1.29 is 37.8 Å². The first-order valence-corrected chi connectivity index (χ1v) is 8.44. The molecular formula is C8H18O8P2-2. The molecule has 0 saturated carbocycles. The summed E-state index contributed by atoms with van der Waals surface area (Å²) >= 11 is 0. The van der Waals surface area contributed by atoms with Gasteiger partial charge in [-0.3, -0.25) is 4.52 Å². The van der Waals surface area contributed by atoms with Crippen molar-refractivity contribution in [1.82, 2.24) is 0 Å². The Kier molecular flexibility index (Phi) is 7.82. The van der Waals surface area contributed by atoms with Crippen molar-refractivity contribution in [2.45, 2.75) is 39.2 Å². The summed E-state index contributed by atoms with van der Waals surface area (Å²) in [7, 11) is -9.58. The minimum absolute atomic E-state index is 0.107. The van der Waals surface area contributed by atoms with Gasteiger partial charge in [-0.1, -0.05) is 20.3 Å². The first kappa shape index (κ1) is 18.2. The second-order valence-electron chi connectivity index (χ2n) is 3.94. The van der Waals surface area contributed by atoms with Gasteiger partial charge in [-0.2, -0.15) is 0 Å². The first-order chi connectivity index (χ1) is 8.05. The van der Waals surface area contributed by atoms with E-state index >= 15 is 0 Å². The van der Waals surface area contributed by atoms with Crippen molar-refractivity contribution in [3.63, 3.8) is 0 Å². The minimum atomic E-state index is -4.99. The fraction of sp³-hybridized carbons (Fsp3) is 1.00. The van der Waals surface area contributed by atoms with Crippen molar-refractivity contribution >= 4 is 15.6 Å². The summed E-state index contributed by atoms with van der Waals surface area (Å²) < 4.78 is 29.6. The molecule has 0 aliphatic carbocycles. The molecule has 18 heavy (non-hydrogen) atoms. The van der Waals surface area contributed by atoms with Gasteiger partial charge in [0, 0.05) is 0 Å². The Labute approximate surface area is 106 Å². The monoisotopic (exact) mass is 304 g/mol. The van der Waals surface area contributed by atoms with Crippen molar-refractivity contribution in [2.75, 3.05) is 6.61 Å². The fourth-order valence-corrected chi connectivity index (χ4v) is 2.36. The number of rotatable bonds is 9. The molecule has 0 aromatic heterocycles. The van der Waals surface area contributed by atoms with Crippen molar-refractivity contribution in [2.24, 2.45) is 5.92 Å². The maximum Gasteiger partial charge on any atom is 0.469 e. The molecule has 2 unspecified atom stereocenters. The summed E-state index contributed by atoms with van der Waals surface area (Å²) in [6.45, 7) is 3.27. The average molecular weight is 304 g/mol. The van der Waals surface area contributed by atoms with Gasteiger partial charge in [0.05, 0.1) is 20.5 Å². The van der Waals surface area contributed by atoms with Crippen LogP contribution in [0, 0.1) is 5.92 Å². The Hall–Kier alpha value is 0.220. The average Bonchev–Trinajstić information content (AvgIpc) is 2.18. The second-order valence-corrected chi connectivity index (χ2v) is 6.29. The second kappa shape index (κ2) is 7.72. The lowest BCUT2D eigenvalue weighted by Gasteiger charge is -2.29. The molecule has 0 saturated heterocycles. The SMILES string of the molecule is CCC(C)C(CCCOP(=O)([O-])[O-])OP(=O)(O)O. The van der Waals surface area contributed by atoms with Gasteiger partial charge in [0.2, 0.25) is 0 Å². The van der Waals surface area contributed by atoms with E-state index in [9.17, 15) is 18.9 Å². The Bertz CT molecular complexity index is 321. The predicted molar refractivity (Wildman–Crippen MR) is 59.2 cm³/mol. The molecule has 0 fully saturated rings. The maximum absolute atomic E-state index is 10.8. The highest BCUT2D eigenvalue weighted by Gasteiger charge is 2.25. The topological polar surface area (TPSA) is 139 Å². The van der Waals surface area contributed by atoms with Gasteiger partial charge in [0.25, 0.3) is 0 Å². The molecule has 0 bridgehead atoms. The number of hydrogen-bond donors (Lipinski definition) is 2. The molecule has 0 aliphatic rings. The van der Waals surface area contributed by atoms with Crippen molar-refractivity contribution in [3.8, 4) is 0 Å². The summed E-state index contributed by atoms with van der Waals surface area (Å²) in [5, 5.41) is 0. The van der Waals surface area contributed by atoms with Crippen LogP contribution in [0.5, 0.6) is 0 Å². The highest BCUT2D eigenvalue weighted by molar-refractivity contribution is 7.46. The Balaban J connectivity index is 4.18. The molecule has 8 nitrogen and oxygen atoms in total. The van der Waals surface area contributed by atoms with Gasteiger partial charge in [-0.25, -0.2) is 4.57 Å². The number of phosphoric ester groups is 2. The van der Waals surface area contributed by atoms with E-state index in [4.69, 9.17) is 9.79 Å². The molecule has 0 aromatic carbocycles. The van der Waals surface area contributed by atoms with E-state index in [1.807, 2.05) is 6.92 Å².